The van der Waals surface area contributed by atoms with Crippen molar-refractivity contribution in [1.29, 1.82) is 0 Å². The second-order valence-electron chi connectivity index (χ2n) is 7.18. The van der Waals surface area contributed by atoms with Crippen molar-refractivity contribution in [3.05, 3.63) is 35.4 Å². The fraction of sp³-hybridized carbons (Fsp3) is 0.684. The molecule has 0 spiro atoms. The predicted molar refractivity (Wildman–Crippen MR) is 87.2 cm³/mol. The summed E-state index contributed by atoms with van der Waals surface area (Å²) in [6.45, 7) is 0.599. The summed E-state index contributed by atoms with van der Waals surface area (Å²) in [7, 11) is 0. The Morgan fingerprint density at radius 3 is 2.38 bits per heavy atom. The van der Waals surface area contributed by atoms with Gasteiger partial charge >= 0.3 is 0 Å². The highest BCUT2D eigenvalue weighted by atomic mass is 16.3. The standard InChI is InChI=1S/C19H29NO/c20-14-19(11-4-2-1-3-5-12-19)18(21)17-8-6-7-16(13-17)15-9-10-15/h6-8,13,15,18,21H,1-5,9-12,14,20H2. The highest BCUT2D eigenvalue weighted by Gasteiger charge is 2.37. The molecule has 3 rings (SSSR count). The molecule has 2 aliphatic carbocycles. The van der Waals surface area contributed by atoms with E-state index in [1.807, 2.05) is 0 Å². The molecule has 3 N–H and O–H groups in total. The molecule has 21 heavy (non-hydrogen) atoms. The number of rotatable bonds is 4. The van der Waals surface area contributed by atoms with Gasteiger partial charge < -0.3 is 10.8 Å². The topological polar surface area (TPSA) is 46.2 Å². The van der Waals surface area contributed by atoms with Crippen molar-refractivity contribution < 1.29 is 5.11 Å². The van der Waals surface area contributed by atoms with E-state index in [0.29, 0.717) is 6.54 Å². The average molecular weight is 287 g/mol. The number of benzene rings is 1. The third kappa shape index (κ3) is 3.32. The normalized spacial score (nSPS) is 24.1. The summed E-state index contributed by atoms with van der Waals surface area (Å²) in [5.41, 5.74) is 8.53. The van der Waals surface area contributed by atoms with Crippen LogP contribution in [0.4, 0.5) is 0 Å². The van der Waals surface area contributed by atoms with Crippen LogP contribution in [-0.2, 0) is 0 Å². The Balaban J connectivity index is 1.82. The summed E-state index contributed by atoms with van der Waals surface area (Å²) in [6.07, 6.45) is 10.7. The second kappa shape index (κ2) is 6.50. The van der Waals surface area contributed by atoms with Crippen LogP contribution < -0.4 is 5.73 Å². The first-order valence-electron chi connectivity index (χ1n) is 8.73. The minimum atomic E-state index is -0.403. The third-order valence-electron chi connectivity index (χ3n) is 5.61. The quantitative estimate of drug-likeness (QED) is 0.868. The molecule has 1 unspecified atom stereocenters. The molecule has 0 aromatic heterocycles. The summed E-state index contributed by atoms with van der Waals surface area (Å²) >= 11 is 0. The molecule has 0 aliphatic heterocycles. The van der Waals surface area contributed by atoms with Gasteiger partial charge in [-0.1, -0.05) is 56.4 Å². The molecular formula is C19H29NO. The van der Waals surface area contributed by atoms with E-state index in [2.05, 4.69) is 24.3 Å². The van der Waals surface area contributed by atoms with Gasteiger partial charge in [0.25, 0.3) is 0 Å². The Morgan fingerprint density at radius 2 is 1.76 bits per heavy atom. The fourth-order valence-corrected chi connectivity index (χ4v) is 3.95. The summed E-state index contributed by atoms with van der Waals surface area (Å²) in [5.74, 6) is 0.739. The zero-order valence-corrected chi connectivity index (χ0v) is 13.1. The Bertz CT molecular complexity index is 458. The smallest absolute Gasteiger partial charge is 0.0858 e. The Morgan fingerprint density at radius 1 is 1.10 bits per heavy atom. The van der Waals surface area contributed by atoms with E-state index >= 15 is 0 Å². The van der Waals surface area contributed by atoms with Gasteiger partial charge in [0, 0.05) is 12.0 Å². The van der Waals surface area contributed by atoms with Gasteiger partial charge in [0.1, 0.15) is 0 Å². The van der Waals surface area contributed by atoms with E-state index in [-0.39, 0.29) is 5.41 Å². The minimum Gasteiger partial charge on any atom is -0.388 e. The van der Waals surface area contributed by atoms with Crippen molar-refractivity contribution in [2.45, 2.75) is 69.8 Å². The van der Waals surface area contributed by atoms with Crippen LogP contribution in [0.2, 0.25) is 0 Å². The lowest BCUT2D eigenvalue weighted by Crippen LogP contribution is -2.37. The number of aliphatic hydroxyl groups excluding tert-OH is 1. The lowest BCUT2D eigenvalue weighted by Gasteiger charge is -2.39. The molecule has 2 saturated carbocycles. The van der Waals surface area contributed by atoms with E-state index in [1.54, 1.807) is 0 Å². The summed E-state index contributed by atoms with van der Waals surface area (Å²) in [4.78, 5) is 0. The average Bonchev–Trinajstić information content (AvgIpc) is 3.32. The third-order valence-corrected chi connectivity index (χ3v) is 5.61. The van der Waals surface area contributed by atoms with Gasteiger partial charge in [0.05, 0.1) is 6.10 Å². The van der Waals surface area contributed by atoms with Crippen molar-refractivity contribution in [2.24, 2.45) is 11.1 Å². The monoisotopic (exact) mass is 287 g/mol. The van der Waals surface area contributed by atoms with Gasteiger partial charge in [0.15, 0.2) is 0 Å². The fourth-order valence-electron chi connectivity index (χ4n) is 3.95. The van der Waals surface area contributed by atoms with E-state index in [1.165, 1.54) is 50.5 Å². The summed E-state index contributed by atoms with van der Waals surface area (Å²) in [5, 5.41) is 11.1. The molecule has 116 valence electrons. The van der Waals surface area contributed by atoms with Gasteiger partial charge in [-0.3, -0.25) is 0 Å². The lowest BCUT2D eigenvalue weighted by molar-refractivity contribution is 0.00844. The minimum absolute atomic E-state index is 0.109. The SMILES string of the molecule is NCC1(C(O)c2cccc(C3CC3)c2)CCCCCCC1. The molecule has 2 nitrogen and oxygen atoms in total. The van der Waals surface area contributed by atoms with Gasteiger partial charge in [-0.25, -0.2) is 0 Å². The molecule has 0 radical (unpaired) electrons. The van der Waals surface area contributed by atoms with Gasteiger partial charge in [-0.15, -0.1) is 0 Å². The van der Waals surface area contributed by atoms with Crippen LogP contribution in [0.25, 0.3) is 0 Å². The maximum absolute atomic E-state index is 11.1. The van der Waals surface area contributed by atoms with Crippen LogP contribution in [-0.4, -0.2) is 11.7 Å². The molecule has 1 aromatic rings. The molecule has 2 aliphatic rings. The first-order valence-corrected chi connectivity index (χ1v) is 8.73. The molecule has 0 bridgehead atoms. The molecule has 2 heteroatoms. The summed E-state index contributed by atoms with van der Waals surface area (Å²) < 4.78 is 0. The van der Waals surface area contributed by atoms with Crippen molar-refractivity contribution >= 4 is 0 Å². The lowest BCUT2D eigenvalue weighted by atomic mass is 9.70. The van der Waals surface area contributed by atoms with Crippen LogP contribution in [0, 0.1) is 5.41 Å². The van der Waals surface area contributed by atoms with Crippen LogP contribution in [0.5, 0.6) is 0 Å². The Hall–Kier alpha value is -0.860. The molecule has 1 atom stereocenters. The van der Waals surface area contributed by atoms with E-state index in [0.717, 1.165) is 24.3 Å². The van der Waals surface area contributed by atoms with E-state index in [9.17, 15) is 5.11 Å². The zero-order chi connectivity index (χ0) is 14.7. The number of hydrogen-bond donors (Lipinski definition) is 2. The van der Waals surface area contributed by atoms with Gasteiger partial charge in [-0.05, 0) is 42.7 Å². The van der Waals surface area contributed by atoms with Crippen molar-refractivity contribution in [1.82, 2.24) is 0 Å². The van der Waals surface area contributed by atoms with E-state index in [4.69, 9.17) is 5.73 Å². The van der Waals surface area contributed by atoms with Crippen molar-refractivity contribution in [3.8, 4) is 0 Å². The van der Waals surface area contributed by atoms with Crippen molar-refractivity contribution in [2.75, 3.05) is 6.54 Å². The van der Waals surface area contributed by atoms with Gasteiger partial charge in [-0.2, -0.15) is 0 Å². The first kappa shape index (κ1) is 15.1. The van der Waals surface area contributed by atoms with Crippen molar-refractivity contribution in [3.63, 3.8) is 0 Å². The number of aliphatic hydroxyl groups is 1. The maximum Gasteiger partial charge on any atom is 0.0858 e. The second-order valence-corrected chi connectivity index (χ2v) is 7.18. The number of nitrogens with two attached hydrogens (primary N) is 1. The largest absolute Gasteiger partial charge is 0.388 e. The summed E-state index contributed by atoms with van der Waals surface area (Å²) in [6, 6.07) is 8.64. The molecule has 0 heterocycles. The Labute approximate surface area is 128 Å². The predicted octanol–water partition coefficient (Wildman–Crippen LogP) is 4.29. The first-order chi connectivity index (χ1) is 10.2. The zero-order valence-electron chi connectivity index (χ0n) is 13.1. The van der Waals surface area contributed by atoms with Crippen LogP contribution >= 0.6 is 0 Å². The van der Waals surface area contributed by atoms with Crippen LogP contribution in [0.1, 0.15) is 80.9 Å². The number of hydrogen-bond acceptors (Lipinski definition) is 2. The Kier molecular flexibility index (Phi) is 4.66. The van der Waals surface area contributed by atoms with Crippen LogP contribution in [0.15, 0.2) is 24.3 Å². The molecule has 1 aromatic carbocycles. The highest BCUT2D eigenvalue weighted by Crippen LogP contribution is 2.45. The molecule has 0 amide bonds. The molecular weight excluding hydrogens is 258 g/mol. The maximum atomic E-state index is 11.1. The molecule has 2 fully saturated rings. The van der Waals surface area contributed by atoms with Crippen LogP contribution in [0.3, 0.4) is 0 Å². The van der Waals surface area contributed by atoms with Gasteiger partial charge in [0.2, 0.25) is 0 Å². The van der Waals surface area contributed by atoms with E-state index < -0.39 is 6.10 Å². The highest BCUT2D eigenvalue weighted by molar-refractivity contribution is 5.31. The molecule has 0 saturated heterocycles.